The summed E-state index contributed by atoms with van der Waals surface area (Å²) in [7, 11) is 1.92. The van der Waals surface area contributed by atoms with Crippen molar-refractivity contribution in [1.82, 2.24) is 14.9 Å². The Morgan fingerprint density at radius 3 is 2.60 bits per heavy atom. The number of anilines is 1. The molecule has 190 valence electrons. The third-order valence-corrected chi connectivity index (χ3v) is 7.38. The van der Waals surface area contributed by atoms with Crippen LogP contribution in [0, 0.1) is 11.7 Å². The van der Waals surface area contributed by atoms with Gasteiger partial charge in [-0.15, -0.1) is 0 Å². The molecular formula is C25H29ClF4N4O. The van der Waals surface area contributed by atoms with Gasteiger partial charge in [-0.3, -0.25) is 4.79 Å². The van der Waals surface area contributed by atoms with Gasteiger partial charge >= 0.3 is 0 Å². The first-order valence-electron chi connectivity index (χ1n) is 11.9. The SMILES string of the molecule is C[C@@H](Nc1nc(Cl)nc2c1CC(CCC(=O)C1(F)CCN(C)CC1)C2)c1cccc(C(F)F)c1F. The minimum atomic E-state index is -2.92. The molecule has 1 aromatic heterocycles. The van der Waals surface area contributed by atoms with E-state index in [1.807, 2.05) is 11.9 Å². The van der Waals surface area contributed by atoms with Gasteiger partial charge in [0.2, 0.25) is 5.28 Å². The number of carbonyl (C=O) groups excluding carboxylic acids is 1. The second-order valence-electron chi connectivity index (χ2n) is 9.69. The third kappa shape index (κ3) is 5.61. The number of hydrogen-bond acceptors (Lipinski definition) is 5. The van der Waals surface area contributed by atoms with Crippen molar-refractivity contribution in [3.63, 3.8) is 0 Å². The molecule has 1 aliphatic carbocycles. The quantitative estimate of drug-likeness (QED) is 0.354. The van der Waals surface area contributed by atoms with Gasteiger partial charge in [-0.2, -0.15) is 0 Å². The van der Waals surface area contributed by atoms with Crippen molar-refractivity contribution in [2.24, 2.45) is 5.92 Å². The standard InChI is InChI=1S/C25H29ClF4N4O/c1-14(16-4-3-5-17(21(16)27)22(28)29)31-23-18-12-15(13-19(18)32-24(26)33-23)6-7-20(35)25(30)8-10-34(2)11-9-25/h3-5,14-15,22H,6-13H2,1-2H3,(H,31,32,33)/t14-,15?/m1/s1. The number of aromatic nitrogens is 2. The summed E-state index contributed by atoms with van der Waals surface area (Å²) >= 11 is 6.12. The highest BCUT2D eigenvalue weighted by molar-refractivity contribution is 6.28. The van der Waals surface area contributed by atoms with Gasteiger partial charge in [0.05, 0.1) is 17.3 Å². The number of ketones is 1. The molecule has 0 spiro atoms. The number of nitrogens with one attached hydrogen (secondary N) is 1. The lowest BCUT2D eigenvalue weighted by Gasteiger charge is -2.33. The predicted octanol–water partition coefficient (Wildman–Crippen LogP) is 5.88. The van der Waals surface area contributed by atoms with E-state index in [2.05, 4.69) is 15.3 Å². The maximum Gasteiger partial charge on any atom is 0.266 e. The van der Waals surface area contributed by atoms with E-state index in [9.17, 15) is 18.0 Å². The maximum absolute atomic E-state index is 15.1. The van der Waals surface area contributed by atoms with Crippen LogP contribution in [0.4, 0.5) is 23.4 Å². The second kappa shape index (κ2) is 10.4. The molecule has 4 rings (SSSR count). The number of alkyl halides is 3. The number of piperidine rings is 1. The fourth-order valence-corrected chi connectivity index (χ4v) is 5.19. The molecule has 1 aromatic carbocycles. The van der Waals surface area contributed by atoms with Gasteiger partial charge in [0, 0.05) is 43.5 Å². The zero-order valence-electron chi connectivity index (χ0n) is 19.8. The fraction of sp³-hybridized carbons (Fsp3) is 0.560. The highest BCUT2D eigenvalue weighted by Crippen LogP contribution is 2.37. The van der Waals surface area contributed by atoms with Crippen molar-refractivity contribution in [2.45, 2.75) is 63.6 Å². The van der Waals surface area contributed by atoms with Gasteiger partial charge in [0.15, 0.2) is 11.5 Å². The normalized spacial score (nSPS) is 20.6. The minimum absolute atomic E-state index is 0.0195. The third-order valence-electron chi connectivity index (χ3n) is 7.21. The molecule has 0 radical (unpaired) electrons. The van der Waals surface area contributed by atoms with E-state index >= 15 is 4.39 Å². The zero-order chi connectivity index (χ0) is 25.3. The molecule has 1 aliphatic heterocycles. The topological polar surface area (TPSA) is 58.1 Å². The molecule has 5 nitrogen and oxygen atoms in total. The molecule has 2 aromatic rings. The second-order valence-corrected chi connectivity index (χ2v) is 10.0. The summed E-state index contributed by atoms with van der Waals surface area (Å²) in [6.07, 6.45) is -0.644. The summed E-state index contributed by atoms with van der Waals surface area (Å²) in [6.45, 7) is 2.79. The Kier molecular flexibility index (Phi) is 7.66. The van der Waals surface area contributed by atoms with Crippen molar-refractivity contribution in [2.75, 3.05) is 25.5 Å². The lowest BCUT2D eigenvalue weighted by Crippen LogP contribution is -2.45. The van der Waals surface area contributed by atoms with Crippen molar-refractivity contribution in [3.05, 3.63) is 51.7 Å². The number of benzene rings is 1. The van der Waals surface area contributed by atoms with Gasteiger partial charge in [-0.05, 0) is 50.8 Å². The van der Waals surface area contributed by atoms with Crippen LogP contribution in [0.1, 0.15) is 67.5 Å². The molecule has 1 unspecified atom stereocenters. The van der Waals surface area contributed by atoms with E-state index in [1.165, 1.54) is 12.1 Å². The Bertz CT molecular complexity index is 1090. The van der Waals surface area contributed by atoms with Crippen LogP contribution in [-0.4, -0.2) is 46.5 Å². The lowest BCUT2D eigenvalue weighted by molar-refractivity contribution is -0.133. The lowest BCUT2D eigenvalue weighted by atomic mass is 9.85. The first-order valence-corrected chi connectivity index (χ1v) is 12.2. The van der Waals surface area contributed by atoms with E-state index in [0.717, 1.165) is 17.3 Å². The average Bonchev–Trinajstić information content (AvgIpc) is 3.22. The van der Waals surface area contributed by atoms with Crippen LogP contribution < -0.4 is 5.32 Å². The monoisotopic (exact) mass is 512 g/mol. The van der Waals surface area contributed by atoms with E-state index in [1.54, 1.807) is 6.92 Å². The summed E-state index contributed by atoms with van der Waals surface area (Å²) in [5.74, 6) is -0.802. The Labute approximate surface area is 207 Å². The van der Waals surface area contributed by atoms with E-state index in [4.69, 9.17) is 11.6 Å². The van der Waals surface area contributed by atoms with Crippen LogP contribution >= 0.6 is 11.6 Å². The molecule has 0 saturated carbocycles. The molecular weight excluding hydrogens is 484 g/mol. The Balaban J connectivity index is 1.44. The largest absolute Gasteiger partial charge is 0.363 e. The highest BCUT2D eigenvalue weighted by atomic mass is 35.5. The molecule has 10 heteroatoms. The summed E-state index contributed by atoms with van der Waals surface area (Å²) < 4.78 is 56.0. The van der Waals surface area contributed by atoms with Gasteiger partial charge in [0.25, 0.3) is 6.43 Å². The van der Waals surface area contributed by atoms with Crippen molar-refractivity contribution in [3.8, 4) is 0 Å². The Hall–Kier alpha value is -2.26. The molecule has 35 heavy (non-hydrogen) atoms. The molecule has 2 atom stereocenters. The summed E-state index contributed by atoms with van der Waals surface area (Å²) in [4.78, 5) is 23.2. The predicted molar refractivity (Wildman–Crippen MR) is 126 cm³/mol. The number of fused-ring (bicyclic) bond motifs is 1. The number of halogens is 5. The molecule has 1 N–H and O–H groups in total. The number of likely N-dealkylation sites (tertiary alicyclic amines) is 1. The maximum atomic E-state index is 15.1. The van der Waals surface area contributed by atoms with Gasteiger partial charge in [0.1, 0.15) is 11.6 Å². The van der Waals surface area contributed by atoms with Crippen LogP contribution in [-0.2, 0) is 17.6 Å². The number of carbonyl (C=O) groups is 1. The smallest absolute Gasteiger partial charge is 0.266 e. The highest BCUT2D eigenvalue weighted by Gasteiger charge is 2.40. The van der Waals surface area contributed by atoms with E-state index in [-0.39, 0.29) is 41.8 Å². The molecule has 1 fully saturated rings. The van der Waals surface area contributed by atoms with Gasteiger partial charge in [-0.25, -0.2) is 27.5 Å². The Morgan fingerprint density at radius 1 is 1.23 bits per heavy atom. The molecule has 1 saturated heterocycles. The van der Waals surface area contributed by atoms with Crippen LogP contribution in [0.3, 0.4) is 0 Å². The zero-order valence-corrected chi connectivity index (χ0v) is 20.5. The first kappa shape index (κ1) is 25.8. The molecule has 0 amide bonds. The molecule has 2 heterocycles. The minimum Gasteiger partial charge on any atom is -0.363 e. The summed E-state index contributed by atoms with van der Waals surface area (Å²) in [5.41, 5.74) is -0.772. The number of nitrogens with zero attached hydrogens (tertiary/aromatic N) is 3. The van der Waals surface area contributed by atoms with Gasteiger partial charge in [-0.1, -0.05) is 18.2 Å². The number of Topliss-reactive ketones (excluding diaryl/α,β-unsaturated/α-hetero) is 1. The van der Waals surface area contributed by atoms with E-state index < -0.39 is 29.5 Å². The van der Waals surface area contributed by atoms with Gasteiger partial charge < -0.3 is 10.2 Å². The van der Waals surface area contributed by atoms with Crippen molar-refractivity contribution in [1.29, 1.82) is 0 Å². The number of hydrogen-bond donors (Lipinski definition) is 1. The average molecular weight is 513 g/mol. The van der Waals surface area contributed by atoms with Crippen LogP contribution in [0.5, 0.6) is 0 Å². The van der Waals surface area contributed by atoms with Crippen LogP contribution in [0.25, 0.3) is 0 Å². The fourth-order valence-electron chi connectivity index (χ4n) is 5.01. The number of rotatable bonds is 8. The Morgan fingerprint density at radius 2 is 1.91 bits per heavy atom. The molecule has 2 aliphatic rings. The van der Waals surface area contributed by atoms with Crippen LogP contribution in [0.2, 0.25) is 5.28 Å². The van der Waals surface area contributed by atoms with Crippen molar-refractivity contribution < 1.29 is 22.4 Å². The first-order chi connectivity index (χ1) is 16.6. The van der Waals surface area contributed by atoms with Crippen LogP contribution in [0.15, 0.2) is 18.2 Å². The summed E-state index contributed by atoms with van der Waals surface area (Å²) in [5, 5.41) is 3.12. The molecule has 0 bridgehead atoms. The van der Waals surface area contributed by atoms with E-state index in [0.29, 0.717) is 38.2 Å². The summed E-state index contributed by atoms with van der Waals surface area (Å²) in [6, 6.07) is 3.26. The van der Waals surface area contributed by atoms with Crippen molar-refractivity contribution >= 4 is 23.2 Å².